The number of nitrogens with one attached hydrogen (secondary N) is 1. The van der Waals surface area contributed by atoms with E-state index in [1.54, 1.807) is 24.3 Å². The highest BCUT2D eigenvalue weighted by atomic mass is 16.5. The van der Waals surface area contributed by atoms with Gasteiger partial charge in [-0.3, -0.25) is 19.7 Å². The quantitative estimate of drug-likeness (QED) is 0.569. The summed E-state index contributed by atoms with van der Waals surface area (Å²) in [7, 11) is 3.03. The Labute approximate surface area is 155 Å². The van der Waals surface area contributed by atoms with Gasteiger partial charge in [-0.1, -0.05) is 6.07 Å². The summed E-state index contributed by atoms with van der Waals surface area (Å²) in [4.78, 5) is 35.5. The van der Waals surface area contributed by atoms with Crippen LogP contribution in [0.5, 0.6) is 11.5 Å². The lowest BCUT2D eigenvalue weighted by Crippen LogP contribution is -2.18. The molecule has 0 fully saturated rings. The van der Waals surface area contributed by atoms with Gasteiger partial charge in [0.05, 0.1) is 19.8 Å². The molecule has 2 rings (SSSR count). The molecule has 1 heterocycles. The molecule has 3 N–H and O–H groups in total. The minimum Gasteiger partial charge on any atom is -0.493 e. The molecule has 1 aromatic heterocycles. The van der Waals surface area contributed by atoms with Crippen molar-refractivity contribution in [3.63, 3.8) is 0 Å². The van der Waals surface area contributed by atoms with Crippen LogP contribution in [0.1, 0.15) is 39.0 Å². The Balaban J connectivity index is 2.24. The van der Waals surface area contributed by atoms with E-state index in [0.717, 1.165) is 0 Å². The fourth-order valence-corrected chi connectivity index (χ4v) is 2.57. The number of benzene rings is 1. The fraction of sp³-hybridized carbons (Fsp3) is 0.211. The van der Waals surface area contributed by atoms with E-state index < -0.39 is 11.8 Å². The number of Topliss-reactive ketones (excluding diaryl/α,β-unsaturated/α-hetero) is 1. The van der Waals surface area contributed by atoms with Gasteiger partial charge in [0.25, 0.3) is 11.8 Å². The van der Waals surface area contributed by atoms with E-state index in [1.165, 1.54) is 34.1 Å². The summed E-state index contributed by atoms with van der Waals surface area (Å²) in [6.45, 7) is 2.80. The van der Waals surface area contributed by atoms with Gasteiger partial charge in [-0.25, -0.2) is 0 Å². The Kier molecular flexibility index (Phi) is 6.02. The first-order valence-electron chi connectivity index (χ1n) is 7.93. The zero-order valence-corrected chi connectivity index (χ0v) is 15.4. The molecule has 8 heteroatoms. The van der Waals surface area contributed by atoms with E-state index in [2.05, 4.69) is 5.32 Å². The van der Waals surface area contributed by atoms with Crippen molar-refractivity contribution in [1.29, 1.82) is 0 Å². The maximum absolute atomic E-state index is 12.2. The molecule has 0 saturated carbocycles. The summed E-state index contributed by atoms with van der Waals surface area (Å²) in [5.41, 5.74) is 5.92. The second kappa shape index (κ2) is 8.22. The Bertz CT molecular complexity index is 927. The number of anilines is 1. The predicted octanol–water partition coefficient (Wildman–Crippen LogP) is 2.56. The van der Waals surface area contributed by atoms with Crippen LogP contribution in [-0.2, 0) is 4.79 Å². The van der Waals surface area contributed by atoms with E-state index in [1.807, 2.05) is 0 Å². The number of amides is 2. The van der Waals surface area contributed by atoms with E-state index in [0.29, 0.717) is 17.1 Å². The van der Waals surface area contributed by atoms with Crippen molar-refractivity contribution in [2.24, 2.45) is 5.73 Å². The molecule has 0 atom stereocenters. The van der Waals surface area contributed by atoms with Crippen molar-refractivity contribution in [3.8, 4) is 11.5 Å². The number of primary amides is 1. The average molecular weight is 372 g/mol. The molecule has 0 saturated heterocycles. The number of carbonyl (C=O) groups excluding carboxylic acids is 3. The number of furan rings is 1. The first kappa shape index (κ1) is 19.8. The van der Waals surface area contributed by atoms with Crippen molar-refractivity contribution in [1.82, 2.24) is 0 Å². The van der Waals surface area contributed by atoms with E-state index in [-0.39, 0.29) is 28.6 Å². The molecule has 2 amide bonds. The van der Waals surface area contributed by atoms with Gasteiger partial charge in [0.15, 0.2) is 17.3 Å². The monoisotopic (exact) mass is 372 g/mol. The molecule has 8 nitrogen and oxygen atoms in total. The number of aryl methyl sites for hydroxylation is 1. The molecule has 0 aliphatic heterocycles. The summed E-state index contributed by atoms with van der Waals surface area (Å²) in [6.07, 6.45) is 2.79. The summed E-state index contributed by atoms with van der Waals surface area (Å²) in [6, 6.07) is 5.14. The maximum Gasteiger partial charge on any atom is 0.255 e. The van der Waals surface area contributed by atoms with E-state index >= 15 is 0 Å². The van der Waals surface area contributed by atoms with Crippen molar-refractivity contribution < 1.29 is 28.3 Å². The van der Waals surface area contributed by atoms with Gasteiger partial charge in [0.2, 0.25) is 5.88 Å². The highest BCUT2D eigenvalue weighted by Gasteiger charge is 2.25. The zero-order chi connectivity index (χ0) is 20.1. The van der Waals surface area contributed by atoms with Crippen LogP contribution in [0, 0.1) is 6.92 Å². The number of ketones is 1. The van der Waals surface area contributed by atoms with E-state index in [9.17, 15) is 14.4 Å². The van der Waals surface area contributed by atoms with Crippen LogP contribution in [0.2, 0.25) is 0 Å². The first-order valence-corrected chi connectivity index (χ1v) is 7.93. The highest BCUT2D eigenvalue weighted by Crippen LogP contribution is 2.29. The molecule has 0 bridgehead atoms. The molecule has 0 spiro atoms. The number of hydrogen-bond acceptors (Lipinski definition) is 6. The van der Waals surface area contributed by atoms with Crippen LogP contribution in [0.15, 0.2) is 28.7 Å². The first-order chi connectivity index (χ1) is 12.8. The second-order valence-electron chi connectivity index (χ2n) is 5.59. The molecule has 1 aromatic carbocycles. The smallest absolute Gasteiger partial charge is 0.255 e. The van der Waals surface area contributed by atoms with Crippen molar-refractivity contribution in [2.75, 3.05) is 19.5 Å². The number of nitrogens with two attached hydrogens (primary N) is 1. The van der Waals surface area contributed by atoms with Crippen LogP contribution >= 0.6 is 0 Å². The third kappa shape index (κ3) is 4.35. The zero-order valence-electron chi connectivity index (χ0n) is 15.4. The predicted molar refractivity (Wildman–Crippen MR) is 99.2 cm³/mol. The van der Waals surface area contributed by atoms with Crippen LogP contribution in [0.4, 0.5) is 5.88 Å². The lowest BCUT2D eigenvalue weighted by atomic mass is 10.1. The van der Waals surface area contributed by atoms with Crippen molar-refractivity contribution >= 4 is 29.6 Å². The van der Waals surface area contributed by atoms with Crippen molar-refractivity contribution in [2.45, 2.75) is 13.8 Å². The van der Waals surface area contributed by atoms with Crippen molar-refractivity contribution in [3.05, 3.63) is 46.7 Å². The summed E-state index contributed by atoms with van der Waals surface area (Å²) in [5.74, 6) is -0.682. The van der Waals surface area contributed by atoms with Crippen LogP contribution in [-0.4, -0.2) is 31.8 Å². The van der Waals surface area contributed by atoms with Gasteiger partial charge in [0, 0.05) is 6.08 Å². The molecule has 0 aliphatic rings. The Morgan fingerprint density at radius 2 is 1.78 bits per heavy atom. The standard InChI is InChI=1S/C19H20N2O6/c1-10(22)16-11(2)27-19(17(16)18(20)24)21-15(23)8-6-12-5-7-13(25-3)14(9-12)26-4/h5-9H,1-4H3,(H2,20,24)(H,21,23)/b8-6+. The highest BCUT2D eigenvalue weighted by molar-refractivity contribution is 6.13. The minimum absolute atomic E-state index is 0.0571. The summed E-state index contributed by atoms with van der Waals surface area (Å²) >= 11 is 0. The normalized spacial score (nSPS) is 10.7. The Morgan fingerprint density at radius 3 is 2.33 bits per heavy atom. The maximum atomic E-state index is 12.2. The van der Waals surface area contributed by atoms with Gasteiger partial charge in [-0.2, -0.15) is 0 Å². The third-order valence-corrected chi connectivity index (χ3v) is 3.75. The molecule has 27 heavy (non-hydrogen) atoms. The van der Waals surface area contributed by atoms with Crippen LogP contribution < -0.4 is 20.5 Å². The Hall–Kier alpha value is -3.55. The number of rotatable bonds is 7. The SMILES string of the molecule is COc1ccc(/C=C/C(=O)Nc2oc(C)c(C(C)=O)c2C(N)=O)cc1OC. The summed E-state index contributed by atoms with van der Waals surface area (Å²) < 4.78 is 15.7. The van der Waals surface area contributed by atoms with Crippen LogP contribution in [0.3, 0.4) is 0 Å². The summed E-state index contributed by atoms with van der Waals surface area (Å²) in [5, 5.41) is 2.43. The van der Waals surface area contributed by atoms with Gasteiger partial charge < -0.3 is 19.6 Å². The van der Waals surface area contributed by atoms with Gasteiger partial charge in [-0.15, -0.1) is 0 Å². The molecule has 142 valence electrons. The molecular formula is C19H20N2O6. The molecule has 0 unspecified atom stereocenters. The fourth-order valence-electron chi connectivity index (χ4n) is 2.57. The second-order valence-corrected chi connectivity index (χ2v) is 5.59. The molecule has 0 aliphatic carbocycles. The molecule has 0 radical (unpaired) electrons. The third-order valence-electron chi connectivity index (χ3n) is 3.75. The topological polar surface area (TPSA) is 121 Å². The van der Waals surface area contributed by atoms with Gasteiger partial charge in [-0.05, 0) is 37.6 Å². The van der Waals surface area contributed by atoms with Gasteiger partial charge in [0.1, 0.15) is 11.3 Å². The minimum atomic E-state index is -0.865. The number of methoxy groups -OCH3 is 2. The largest absolute Gasteiger partial charge is 0.493 e. The number of carbonyl (C=O) groups is 3. The van der Waals surface area contributed by atoms with Crippen LogP contribution in [0.25, 0.3) is 6.08 Å². The Morgan fingerprint density at radius 1 is 1.11 bits per heavy atom. The lowest BCUT2D eigenvalue weighted by molar-refractivity contribution is -0.111. The molecular weight excluding hydrogens is 352 g/mol. The molecule has 2 aromatic rings. The number of hydrogen-bond donors (Lipinski definition) is 2. The van der Waals surface area contributed by atoms with Gasteiger partial charge >= 0.3 is 0 Å². The average Bonchev–Trinajstić information content (AvgIpc) is 2.95. The number of ether oxygens (including phenoxy) is 2. The van der Waals surface area contributed by atoms with E-state index in [4.69, 9.17) is 19.6 Å². The lowest BCUT2D eigenvalue weighted by Gasteiger charge is -2.07.